The van der Waals surface area contributed by atoms with Crippen molar-refractivity contribution in [3.05, 3.63) is 70.3 Å². The first-order valence-corrected chi connectivity index (χ1v) is 12.8. The van der Waals surface area contributed by atoms with Gasteiger partial charge in [0, 0.05) is 28.2 Å². The lowest BCUT2D eigenvalue weighted by Gasteiger charge is -2.22. The molecular weight excluding hydrogens is 515 g/mol. The summed E-state index contributed by atoms with van der Waals surface area (Å²) in [5.74, 6) is 0.120. The number of rotatable bonds is 12. The standard InChI is InChI=1S/C27H32Cl2N4O4/c1-27(2,36)11-5-8-22(32-25(34)16-30-14-20-9-10-21(28)13-23(20)29)17-37-26(35)33-24-12-18-6-3-4-7-19(18)15-31-24/h3-4,6-7,9-10,12-13,15,22,30,36H,5,8,11,14,16-17H2,1-2H3,(H,32,34)(H,31,33,35)/t22-/m0/s1. The van der Waals surface area contributed by atoms with Gasteiger partial charge in [0.25, 0.3) is 0 Å². The zero-order chi connectivity index (χ0) is 26.8. The lowest BCUT2D eigenvalue weighted by atomic mass is 9.99. The molecule has 0 fully saturated rings. The molecule has 0 radical (unpaired) electrons. The number of amides is 2. The van der Waals surface area contributed by atoms with Crippen LogP contribution in [-0.2, 0) is 16.1 Å². The highest BCUT2D eigenvalue weighted by atomic mass is 35.5. The SMILES string of the molecule is CC(C)(O)CCC[C@@H](COC(=O)Nc1cc2ccccc2cn1)NC(=O)CNCc1ccc(Cl)cc1Cl. The van der Waals surface area contributed by atoms with Gasteiger partial charge in [0.15, 0.2) is 0 Å². The van der Waals surface area contributed by atoms with Crippen LogP contribution in [0.25, 0.3) is 10.8 Å². The van der Waals surface area contributed by atoms with E-state index in [-0.39, 0.29) is 19.1 Å². The van der Waals surface area contributed by atoms with Crippen molar-refractivity contribution in [1.82, 2.24) is 15.6 Å². The van der Waals surface area contributed by atoms with Crippen molar-refractivity contribution in [2.75, 3.05) is 18.5 Å². The number of aliphatic hydroxyl groups is 1. The summed E-state index contributed by atoms with van der Waals surface area (Å²) in [6, 6.07) is 14.2. The number of nitrogens with zero attached hydrogens (tertiary/aromatic N) is 1. The van der Waals surface area contributed by atoms with Crippen molar-refractivity contribution in [2.45, 2.75) is 51.3 Å². The number of benzene rings is 2. The smallest absolute Gasteiger partial charge is 0.412 e. The molecule has 1 aromatic heterocycles. The molecule has 0 saturated heterocycles. The van der Waals surface area contributed by atoms with Crippen molar-refractivity contribution in [3.8, 4) is 0 Å². The van der Waals surface area contributed by atoms with E-state index < -0.39 is 17.7 Å². The Labute approximate surface area is 226 Å². The van der Waals surface area contributed by atoms with Crippen LogP contribution in [0, 0.1) is 0 Å². The largest absolute Gasteiger partial charge is 0.447 e. The Morgan fingerprint density at radius 2 is 1.86 bits per heavy atom. The van der Waals surface area contributed by atoms with Gasteiger partial charge in [-0.2, -0.15) is 0 Å². The van der Waals surface area contributed by atoms with Gasteiger partial charge in [-0.1, -0.05) is 53.5 Å². The normalized spacial score (nSPS) is 12.2. The van der Waals surface area contributed by atoms with Gasteiger partial charge < -0.3 is 20.5 Å². The molecule has 0 aliphatic rings. The van der Waals surface area contributed by atoms with Crippen LogP contribution in [0.15, 0.2) is 54.7 Å². The minimum absolute atomic E-state index is 0.0278. The third kappa shape index (κ3) is 10.2. The zero-order valence-corrected chi connectivity index (χ0v) is 22.4. The third-order valence-corrected chi connectivity index (χ3v) is 6.19. The van der Waals surface area contributed by atoms with Gasteiger partial charge in [0.2, 0.25) is 5.91 Å². The first-order valence-electron chi connectivity index (χ1n) is 12.0. The highest BCUT2D eigenvalue weighted by molar-refractivity contribution is 6.35. The molecule has 0 unspecified atom stereocenters. The Morgan fingerprint density at radius 1 is 1.11 bits per heavy atom. The Balaban J connectivity index is 1.50. The quantitative estimate of drug-likeness (QED) is 0.245. The molecule has 0 aliphatic carbocycles. The summed E-state index contributed by atoms with van der Waals surface area (Å²) in [6.45, 7) is 3.87. The molecule has 2 aromatic carbocycles. The minimum Gasteiger partial charge on any atom is -0.447 e. The van der Waals surface area contributed by atoms with Crippen molar-refractivity contribution >= 4 is 51.8 Å². The molecular formula is C27H32Cl2N4O4. The Bertz CT molecular complexity index is 1220. The number of halogens is 2. The van der Waals surface area contributed by atoms with E-state index in [1.165, 1.54) is 0 Å². The van der Waals surface area contributed by atoms with E-state index in [0.29, 0.717) is 41.7 Å². The van der Waals surface area contributed by atoms with Crippen LogP contribution in [0.5, 0.6) is 0 Å². The van der Waals surface area contributed by atoms with E-state index in [1.807, 2.05) is 24.3 Å². The number of carbonyl (C=O) groups excluding carboxylic acids is 2. The van der Waals surface area contributed by atoms with E-state index in [2.05, 4.69) is 20.9 Å². The van der Waals surface area contributed by atoms with Crippen LogP contribution in [0.2, 0.25) is 10.0 Å². The van der Waals surface area contributed by atoms with Gasteiger partial charge in [-0.15, -0.1) is 0 Å². The van der Waals surface area contributed by atoms with Crippen LogP contribution in [0.4, 0.5) is 10.6 Å². The summed E-state index contributed by atoms with van der Waals surface area (Å²) in [5, 5.41) is 21.6. The van der Waals surface area contributed by atoms with Gasteiger partial charge in [-0.25, -0.2) is 9.78 Å². The molecule has 2 amide bonds. The van der Waals surface area contributed by atoms with Crippen LogP contribution in [0.3, 0.4) is 0 Å². The number of anilines is 1. The predicted molar refractivity (Wildman–Crippen MR) is 147 cm³/mol. The van der Waals surface area contributed by atoms with Crippen molar-refractivity contribution in [2.24, 2.45) is 0 Å². The molecule has 3 rings (SSSR count). The predicted octanol–water partition coefficient (Wildman–Crippen LogP) is 5.31. The molecule has 0 bridgehead atoms. The maximum atomic E-state index is 12.6. The summed E-state index contributed by atoms with van der Waals surface area (Å²) >= 11 is 12.1. The summed E-state index contributed by atoms with van der Waals surface area (Å²) in [7, 11) is 0. The second-order valence-electron chi connectivity index (χ2n) is 9.45. The summed E-state index contributed by atoms with van der Waals surface area (Å²) in [4.78, 5) is 29.2. The number of hydrogen-bond acceptors (Lipinski definition) is 6. The second-order valence-corrected chi connectivity index (χ2v) is 10.3. The maximum Gasteiger partial charge on any atom is 0.412 e. The number of aromatic nitrogens is 1. The fraction of sp³-hybridized carbons (Fsp3) is 0.370. The summed E-state index contributed by atoms with van der Waals surface area (Å²) < 4.78 is 5.39. The monoisotopic (exact) mass is 546 g/mol. The van der Waals surface area contributed by atoms with Crippen LogP contribution >= 0.6 is 23.2 Å². The molecule has 0 saturated carbocycles. The summed E-state index contributed by atoms with van der Waals surface area (Å²) in [5.41, 5.74) is -0.00332. The summed E-state index contributed by atoms with van der Waals surface area (Å²) in [6.07, 6.45) is 2.72. The van der Waals surface area contributed by atoms with E-state index in [9.17, 15) is 14.7 Å². The number of ether oxygens (including phenoxy) is 1. The lowest BCUT2D eigenvalue weighted by Crippen LogP contribution is -2.43. The molecule has 4 N–H and O–H groups in total. The number of pyridine rings is 1. The van der Waals surface area contributed by atoms with Crippen LogP contribution in [0.1, 0.15) is 38.7 Å². The fourth-order valence-electron chi connectivity index (χ4n) is 3.70. The molecule has 1 heterocycles. The topological polar surface area (TPSA) is 113 Å². The molecule has 1 atom stereocenters. The average Bonchev–Trinajstić information content (AvgIpc) is 2.83. The third-order valence-electron chi connectivity index (χ3n) is 5.60. The van der Waals surface area contributed by atoms with Gasteiger partial charge in [0.1, 0.15) is 12.4 Å². The second kappa shape index (κ2) is 13.6. The molecule has 37 heavy (non-hydrogen) atoms. The van der Waals surface area contributed by atoms with Gasteiger partial charge in [-0.05, 0) is 62.3 Å². The van der Waals surface area contributed by atoms with Gasteiger partial charge in [-0.3, -0.25) is 10.1 Å². The Hall–Kier alpha value is -2.91. The Kier molecular flexibility index (Phi) is 10.5. The van der Waals surface area contributed by atoms with E-state index in [0.717, 1.165) is 16.3 Å². The van der Waals surface area contributed by atoms with Gasteiger partial charge in [0.05, 0.1) is 18.2 Å². The molecule has 0 spiro atoms. The first-order chi connectivity index (χ1) is 17.6. The molecule has 3 aromatic rings. The maximum absolute atomic E-state index is 12.6. The lowest BCUT2D eigenvalue weighted by molar-refractivity contribution is -0.121. The highest BCUT2D eigenvalue weighted by Crippen LogP contribution is 2.21. The molecule has 10 heteroatoms. The number of fused-ring (bicyclic) bond motifs is 1. The minimum atomic E-state index is -0.825. The van der Waals surface area contributed by atoms with Crippen LogP contribution < -0.4 is 16.0 Å². The number of nitrogens with one attached hydrogen (secondary N) is 3. The molecule has 0 aliphatic heterocycles. The number of carbonyl (C=O) groups is 2. The average molecular weight is 547 g/mol. The van der Waals surface area contributed by atoms with Gasteiger partial charge >= 0.3 is 6.09 Å². The van der Waals surface area contributed by atoms with E-state index in [1.54, 1.807) is 44.3 Å². The van der Waals surface area contributed by atoms with Crippen LogP contribution in [-0.4, -0.2) is 46.9 Å². The molecule has 198 valence electrons. The Morgan fingerprint density at radius 3 is 2.59 bits per heavy atom. The molecule has 8 nitrogen and oxygen atoms in total. The van der Waals surface area contributed by atoms with Crippen molar-refractivity contribution < 1.29 is 19.4 Å². The van der Waals surface area contributed by atoms with E-state index >= 15 is 0 Å². The van der Waals surface area contributed by atoms with Crippen molar-refractivity contribution in [1.29, 1.82) is 0 Å². The number of hydrogen-bond donors (Lipinski definition) is 4. The van der Waals surface area contributed by atoms with E-state index in [4.69, 9.17) is 27.9 Å². The highest BCUT2D eigenvalue weighted by Gasteiger charge is 2.18. The fourth-order valence-corrected chi connectivity index (χ4v) is 4.18. The first kappa shape index (κ1) is 28.7. The zero-order valence-electron chi connectivity index (χ0n) is 20.9. The van der Waals surface area contributed by atoms with Crippen molar-refractivity contribution in [3.63, 3.8) is 0 Å².